The number of aromatic hydroxyl groups is 1. The van der Waals surface area contributed by atoms with Gasteiger partial charge in [0.1, 0.15) is 17.4 Å². The highest BCUT2D eigenvalue weighted by molar-refractivity contribution is 5.92. The van der Waals surface area contributed by atoms with Crippen molar-refractivity contribution >= 4 is 5.97 Å². The van der Waals surface area contributed by atoms with Crippen molar-refractivity contribution in [1.29, 1.82) is 0 Å². The van der Waals surface area contributed by atoms with Crippen molar-refractivity contribution in [2.45, 2.75) is 13.0 Å². The minimum Gasteiger partial charge on any atom is -0.507 e. The molecule has 1 N–H and O–H groups in total. The lowest BCUT2D eigenvalue weighted by Gasteiger charge is -2.09. The van der Waals surface area contributed by atoms with E-state index in [2.05, 4.69) is 6.58 Å². The molecule has 0 saturated carbocycles. The molecule has 0 aliphatic heterocycles. The van der Waals surface area contributed by atoms with Gasteiger partial charge in [-0.1, -0.05) is 24.8 Å². The number of carbonyl (C=O) groups is 1. The lowest BCUT2D eigenvalue weighted by Crippen LogP contribution is -2.12. The minimum atomic E-state index is -0.546. The second-order valence-corrected chi connectivity index (χ2v) is 2.86. The molecule has 1 unspecified atom stereocenters. The Morgan fingerprint density at radius 1 is 1.57 bits per heavy atom. The first-order chi connectivity index (χ1) is 6.65. The Balaban J connectivity index is 2.80. The summed E-state index contributed by atoms with van der Waals surface area (Å²) in [5, 5.41) is 9.34. The van der Waals surface area contributed by atoms with Gasteiger partial charge in [-0.15, -0.1) is 0 Å². The van der Waals surface area contributed by atoms with E-state index in [-0.39, 0.29) is 17.4 Å². The summed E-state index contributed by atoms with van der Waals surface area (Å²) >= 11 is 0. The van der Waals surface area contributed by atoms with E-state index in [0.29, 0.717) is 0 Å². The molecule has 1 aromatic carbocycles. The Kier molecular flexibility index (Phi) is 3.29. The second kappa shape index (κ2) is 4.46. The zero-order valence-electron chi connectivity index (χ0n) is 7.93. The molecule has 3 heteroatoms. The summed E-state index contributed by atoms with van der Waals surface area (Å²) in [4.78, 5) is 11.4. The fourth-order valence-electron chi connectivity index (χ4n) is 0.927. The fraction of sp³-hybridized carbons (Fsp3) is 0.182. The van der Waals surface area contributed by atoms with Crippen LogP contribution in [-0.2, 0) is 4.74 Å². The largest absolute Gasteiger partial charge is 0.507 e. The van der Waals surface area contributed by atoms with Crippen molar-refractivity contribution < 1.29 is 14.6 Å². The number of phenolic OH excluding ortho intramolecular Hbond substituents is 1. The van der Waals surface area contributed by atoms with Crippen LogP contribution in [0.25, 0.3) is 0 Å². The van der Waals surface area contributed by atoms with Crippen LogP contribution >= 0.6 is 0 Å². The van der Waals surface area contributed by atoms with E-state index in [1.165, 1.54) is 18.2 Å². The Labute approximate surface area is 82.6 Å². The second-order valence-electron chi connectivity index (χ2n) is 2.86. The van der Waals surface area contributed by atoms with Gasteiger partial charge in [-0.2, -0.15) is 0 Å². The first-order valence-corrected chi connectivity index (χ1v) is 4.26. The van der Waals surface area contributed by atoms with E-state index in [1.807, 2.05) is 0 Å². The van der Waals surface area contributed by atoms with Gasteiger partial charge >= 0.3 is 5.97 Å². The van der Waals surface area contributed by atoms with Gasteiger partial charge in [0, 0.05) is 0 Å². The van der Waals surface area contributed by atoms with E-state index in [9.17, 15) is 9.90 Å². The monoisotopic (exact) mass is 192 g/mol. The summed E-state index contributed by atoms with van der Waals surface area (Å²) in [6.45, 7) is 5.19. The van der Waals surface area contributed by atoms with Crippen LogP contribution in [-0.4, -0.2) is 17.2 Å². The molecule has 0 fully saturated rings. The topological polar surface area (TPSA) is 46.5 Å². The molecule has 0 aliphatic carbocycles. The molecule has 1 rings (SSSR count). The fourth-order valence-corrected chi connectivity index (χ4v) is 0.927. The summed E-state index contributed by atoms with van der Waals surface area (Å²) < 4.78 is 4.95. The molecule has 3 nitrogen and oxygen atoms in total. The Bertz CT molecular complexity index is 344. The molecule has 0 aromatic heterocycles. The molecule has 0 saturated heterocycles. The number of benzene rings is 1. The molecular formula is C11H12O3. The number of hydrogen-bond acceptors (Lipinski definition) is 3. The predicted molar refractivity (Wildman–Crippen MR) is 53.2 cm³/mol. The van der Waals surface area contributed by atoms with E-state index in [0.717, 1.165) is 0 Å². The van der Waals surface area contributed by atoms with Gasteiger partial charge in [0.2, 0.25) is 0 Å². The maximum atomic E-state index is 11.4. The number of ether oxygens (including phenoxy) is 1. The van der Waals surface area contributed by atoms with Crippen molar-refractivity contribution in [2.75, 3.05) is 0 Å². The summed E-state index contributed by atoms with van der Waals surface area (Å²) in [7, 11) is 0. The van der Waals surface area contributed by atoms with Crippen LogP contribution < -0.4 is 0 Å². The Hall–Kier alpha value is -1.77. The van der Waals surface area contributed by atoms with Crippen molar-refractivity contribution in [1.82, 2.24) is 0 Å². The number of para-hydroxylation sites is 1. The van der Waals surface area contributed by atoms with Gasteiger partial charge < -0.3 is 9.84 Å². The lowest BCUT2D eigenvalue weighted by atomic mass is 10.2. The Morgan fingerprint density at radius 3 is 2.79 bits per heavy atom. The number of carbonyl (C=O) groups excluding carboxylic acids is 1. The van der Waals surface area contributed by atoms with Gasteiger partial charge in [-0.3, -0.25) is 0 Å². The maximum absolute atomic E-state index is 11.4. The quantitative estimate of drug-likeness (QED) is 0.589. The molecule has 0 heterocycles. The van der Waals surface area contributed by atoms with Crippen LogP contribution in [0.2, 0.25) is 0 Å². The summed E-state index contributed by atoms with van der Waals surface area (Å²) in [6, 6.07) is 6.25. The third-order valence-corrected chi connectivity index (χ3v) is 1.75. The summed E-state index contributed by atoms with van der Waals surface area (Å²) in [6.07, 6.45) is 1.15. The molecule has 0 radical (unpaired) electrons. The maximum Gasteiger partial charge on any atom is 0.342 e. The van der Waals surface area contributed by atoms with E-state index < -0.39 is 5.97 Å². The smallest absolute Gasteiger partial charge is 0.342 e. The van der Waals surface area contributed by atoms with Gasteiger partial charge in [-0.05, 0) is 19.1 Å². The number of hydrogen-bond donors (Lipinski definition) is 1. The van der Waals surface area contributed by atoms with Crippen LogP contribution in [0.5, 0.6) is 5.75 Å². The van der Waals surface area contributed by atoms with Crippen LogP contribution in [0, 0.1) is 0 Å². The zero-order valence-corrected chi connectivity index (χ0v) is 7.93. The van der Waals surface area contributed by atoms with Crippen LogP contribution in [0.1, 0.15) is 17.3 Å². The average molecular weight is 192 g/mol. The molecule has 1 aromatic rings. The van der Waals surface area contributed by atoms with E-state index in [4.69, 9.17) is 4.74 Å². The predicted octanol–water partition coefficient (Wildman–Crippen LogP) is 2.12. The summed E-state index contributed by atoms with van der Waals surface area (Å²) in [5.41, 5.74) is 0.168. The first kappa shape index (κ1) is 10.3. The van der Waals surface area contributed by atoms with Gasteiger partial charge in [0.05, 0.1) is 0 Å². The molecule has 0 aliphatic rings. The Morgan fingerprint density at radius 2 is 2.21 bits per heavy atom. The van der Waals surface area contributed by atoms with E-state index in [1.54, 1.807) is 19.1 Å². The third-order valence-electron chi connectivity index (χ3n) is 1.75. The average Bonchev–Trinajstić information content (AvgIpc) is 2.18. The molecular weight excluding hydrogens is 180 g/mol. The molecule has 0 bridgehead atoms. The highest BCUT2D eigenvalue weighted by Crippen LogP contribution is 2.17. The molecule has 0 spiro atoms. The third kappa shape index (κ3) is 2.36. The molecule has 1 atom stereocenters. The molecule has 0 amide bonds. The highest BCUT2D eigenvalue weighted by atomic mass is 16.5. The minimum absolute atomic E-state index is 0.0752. The molecule has 74 valence electrons. The van der Waals surface area contributed by atoms with Crippen LogP contribution in [0.4, 0.5) is 0 Å². The van der Waals surface area contributed by atoms with Gasteiger partial charge in [-0.25, -0.2) is 4.79 Å². The number of esters is 1. The number of rotatable bonds is 3. The van der Waals surface area contributed by atoms with Gasteiger partial charge in [0.25, 0.3) is 0 Å². The van der Waals surface area contributed by atoms with E-state index >= 15 is 0 Å². The van der Waals surface area contributed by atoms with Crippen molar-refractivity contribution in [3.63, 3.8) is 0 Å². The summed E-state index contributed by atoms with van der Waals surface area (Å²) in [5.74, 6) is -0.621. The van der Waals surface area contributed by atoms with Crippen molar-refractivity contribution in [3.8, 4) is 5.75 Å². The zero-order chi connectivity index (χ0) is 10.6. The van der Waals surface area contributed by atoms with Crippen LogP contribution in [0.15, 0.2) is 36.9 Å². The van der Waals surface area contributed by atoms with Crippen LogP contribution in [0.3, 0.4) is 0 Å². The SMILES string of the molecule is C=CC(C)OC(=O)c1ccccc1O. The van der Waals surface area contributed by atoms with Gasteiger partial charge in [0.15, 0.2) is 0 Å². The normalized spacial score (nSPS) is 11.8. The molecule has 14 heavy (non-hydrogen) atoms. The van der Waals surface area contributed by atoms with Crippen molar-refractivity contribution in [2.24, 2.45) is 0 Å². The standard InChI is InChI=1S/C11H12O3/c1-3-8(2)14-11(13)9-6-4-5-7-10(9)12/h3-8,12H,1H2,2H3. The lowest BCUT2D eigenvalue weighted by molar-refractivity contribution is 0.0422. The first-order valence-electron chi connectivity index (χ1n) is 4.26. The number of phenols is 1. The van der Waals surface area contributed by atoms with Crippen molar-refractivity contribution in [3.05, 3.63) is 42.5 Å². The highest BCUT2D eigenvalue weighted by Gasteiger charge is 2.13.